The highest BCUT2D eigenvalue weighted by atomic mass is 16.6. The molecule has 4 N–H and O–H groups in total. The van der Waals surface area contributed by atoms with E-state index in [0.29, 0.717) is 57.9 Å². The van der Waals surface area contributed by atoms with Crippen molar-refractivity contribution in [3.63, 3.8) is 0 Å². The number of Topliss-reactive ketones (excluding diaryl/α,β-unsaturated/α-hetero) is 2. The Bertz CT molecular complexity index is 2020. The molecule has 1 fully saturated rings. The molecule has 0 bridgehead atoms. The van der Waals surface area contributed by atoms with Crippen LogP contribution in [-0.4, -0.2) is 110 Å². The molecule has 0 spiro atoms. The number of carbonyl (C=O) groups is 7. The Morgan fingerprint density at radius 1 is 0.789 bits per heavy atom. The summed E-state index contributed by atoms with van der Waals surface area (Å²) >= 11 is 0. The van der Waals surface area contributed by atoms with Gasteiger partial charge in [-0.15, -0.1) is 0 Å². The molecule has 1 aromatic carbocycles. The van der Waals surface area contributed by atoms with Crippen LogP contribution in [0.1, 0.15) is 158 Å². The van der Waals surface area contributed by atoms with Crippen molar-refractivity contribution in [1.82, 2.24) is 26.2 Å². The fourth-order valence-electron chi connectivity index (χ4n) is 8.90. The molecule has 71 heavy (non-hydrogen) atoms. The van der Waals surface area contributed by atoms with Crippen LogP contribution in [-0.2, 0) is 49.3 Å². The van der Waals surface area contributed by atoms with Crippen LogP contribution in [0.5, 0.6) is 0 Å². The lowest BCUT2D eigenvalue weighted by atomic mass is 9.87. The number of amides is 5. The number of hydrogen-bond donors (Lipinski definition) is 4. The first-order valence-corrected chi connectivity index (χ1v) is 25.9. The Balaban J connectivity index is 1.72. The molecular weight excluding hydrogens is 907 g/mol. The van der Waals surface area contributed by atoms with Gasteiger partial charge in [0.2, 0.25) is 40.8 Å². The summed E-state index contributed by atoms with van der Waals surface area (Å²) in [7, 11) is 2.58. The molecule has 1 aromatic rings. The van der Waals surface area contributed by atoms with Gasteiger partial charge in [-0.3, -0.25) is 24.0 Å². The number of allylic oxidation sites excluding steroid dienone is 2. The highest BCUT2D eigenvalue weighted by molar-refractivity contribution is 6.23. The zero-order valence-electron chi connectivity index (χ0n) is 44.5. The van der Waals surface area contributed by atoms with E-state index in [9.17, 15) is 33.6 Å². The van der Waals surface area contributed by atoms with Crippen LogP contribution in [0.2, 0.25) is 0 Å². The van der Waals surface area contributed by atoms with Crippen LogP contribution in [0, 0.1) is 11.8 Å². The number of unbranched alkanes of at least 4 members (excludes halogenated alkanes) is 7. The predicted octanol–water partition coefficient (Wildman–Crippen LogP) is 8.72. The van der Waals surface area contributed by atoms with Crippen molar-refractivity contribution in [3.05, 3.63) is 70.7 Å². The molecule has 1 unspecified atom stereocenters. The number of ether oxygens (including phenoxy) is 4. The standard InChI is InChI=1S/C55H85N5O11/c1-12-13-14-15-16-17-21-29-44(45-38(6)46(61)48(68-10)49(69-11)47(45)62)70-53(66)56-32-23-22-27-42(50(63)57-37(4)5)59-51(64)43-28-24-33-60(43)52(65)40(35-39-25-19-18-20-26-39)30-31-41(34-36(2)3)58-54(67)71-55(7,8)9/h18-20,25-26,30-31,36-37,40-44H,12-17,21-24,27-29,32-35H2,1-11H3,(H,56,66)(H,57,63)(H,58,67)(H,59,64)/b31-30+/t40-,41-,42+,43+,44?/m1/s1. The topological polar surface area (TPSA) is 208 Å². The van der Waals surface area contributed by atoms with Gasteiger partial charge in [0.1, 0.15) is 23.8 Å². The van der Waals surface area contributed by atoms with E-state index < -0.39 is 65.4 Å². The van der Waals surface area contributed by atoms with Gasteiger partial charge in [-0.1, -0.05) is 102 Å². The van der Waals surface area contributed by atoms with E-state index in [1.165, 1.54) is 27.6 Å². The van der Waals surface area contributed by atoms with Crippen LogP contribution in [0.3, 0.4) is 0 Å². The molecule has 0 aromatic heterocycles. The van der Waals surface area contributed by atoms with Crippen molar-refractivity contribution in [1.29, 1.82) is 0 Å². The first-order valence-electron chi connectivity index (χ1n) is 25.9. The average Bonchev–Trinajstić information content (AvgIpc) is 3.80. The van der Waals surface area contributed by atoms with Crippen LogP contribution in [0.25, 0.3) is 0 Å². The van der Waals surface area contributed by atoms with E-state index >= 15 is 0 Å². The van der Waals surface area contributed by atoms with E-state index in [1.54, 1.807) is 25.7 Å². The molecule has 1 aliphatic heterocycles. The van der Waals surface area contributed by atoms with Crippen molar-refractivity contribution in [2.24, 2.45) is 11.8 Å². The van der Waals surface area contributed by atoms with Gasteiger partial charge < -0.3 is 45.1 Å². The largest absolute Gasteiger partial charge is 0.489 e. The second-order valence-corrected chi connectivity index (χ2v) is 20.5. The normalized spacial score (nSPS) is 17.0. The zero-order valence-corrected chi connectivity index (χ0v) is 44.5. The molecule has 1 aliphatic carbocycles. The molecule has 3 rings (SSSR count). The van der Waals surface area contributed by atoms with E-state index in [0.717, 1.165) is 37.7 Å². The van der Waals surface area contributed by atoms with E-state index in [2.05, 4.69) is 42.0 Å². The minimum absolute atomic E-state index is 0.0668. The van der Waals surface area contributed by atoms with Crippen molar-refractivity contribution in [2.45, 2.75) is 194 Å². The number of likely N-dealkylation sites (tertiary alicyclic amines) is 1. The second kappa shape index (κ2) is 30.3. The number of hydrogen-bond acceptors (Lipinski definition) is 11. The van der Waals surface area contributed by atoms with E-state index in [-0.39, 0.29) is 59.4 Å². The Morgan fingerprint density at radius 3 is 2.04 bits per heavy atom. The van der Waals surface area contributed by atoms with Gasteiger partial charge in [0, 0.05) is 24.7 Å². The smallest absolute Gasteiger partial charge is 0.408 e. The van der Waals surface area contributed by atoms with Gasteiger partial charge in [-0.05, 0) is 111 Å². The third-order valence-electron chi connectivity index (χ3n) is 12.4. The van der Waals surface area contributed by atoms with Crippen molar-refractivity contribution < 1.29 is 52.5 Å². The Labute approximate surface area is 423 Å². The lowest BCUT2D eigenvalue weighted by Crippen LogP contribution is -2.54. The van der Waals surface area contributed by atoms with Crippen molar-refractivity contribution in [3.8, 4) is 0 Å². The molecule has 5 amide bonds. The molecule has 0 saturated carbocycles. The van der Waals surface area contributed by atoms with Crippen LogP contribution in [0.4, 0.5) is 9.59 Å². The first-order chi connectivity index (χ1) is 33.7. The lowest BCUT2D eigenvalue weighted by molar-refractivity contribution is -0.141. The molecule has 16 nitrogen and oxygen atoms in total. The average molecular weight is 992 g/mol. The minimum Gasteiger partial charge on any atom is -0.489 e. The van der Waals surface area contributed by atoms with Gasteiger partial charge in [-0.2, -0.15) is 0 Å². The summed E-state index contributed by atoms with van der Waals surface area (Å²) in [5, 5.41) is 11.6. The second-order valence-electron chi connectivity index (χ2n) is 20.5. The maximum absolute atomic E-state index is 14.6. The van der Waals surface area contributed by atoms with Crippen LogP contribution >= 0.6 is 0 Å². The first kappa shape index (κ1) is 59.6. The number of nitrogens with one attached hydrogen (secondary N) is 4. The van der Waals surface area contributed by atoms with Crippen LogP contribution < -0.4 is 21.3 Å². The number of ketones is 2. The molecule has 5 atom stereocenters. The monoisotopic (exact) mass is 992 g/mol. The van der Waals surface area contributed by atoms with Crippen molar-refractivity contribution >= 4 is 41.5 Å². The molecule has 16 heteroatoms. The third-order valence-corrected chi connectivity index (χ3v) is 12.4. The van der Waals surface area contributed by atoms with Gasteiger partial charge >= 0.3 is 12.2 Å². The predicted molar refractivity (Wildman–Crippen MR) is 274 cm³/mol. The summed E-state index contributed by atoms with van der Waals surface area (Å²) in [5.41, 5.74) is 0.458. The Hall–Kier alpha value is -5.67. The summed E-state index contributed by atoms with van der Waals surface area (Å²) in [6.45, 7) is 17.4. The fraction of sp³-hybridized carbons (Fsp3) is 0.655. The quantitative estimate of drug-likeness (QED) is 0.0339. The van der Waals surface area contributed by atoms with Gasteiger partial charge in [0.05, 0.1) is 31.8 Å². The third kappa shape index (κ3) is 20.2. The maximum Gasteiger partial charge on any atom is 0.408 e. The number of nitrogens with zero attached hydrogens (tertiary/aromatic N) is 1. The summed E-state index contributed by atoms with van der Waals surface area (Å²) in [6.07, 6.45) is 11.9. The summed E-state index contributed by atoms with van der Waals surface area (Å²) in [4.78, 5) is 96.9. The number of methoxy groups -OCH3 is 2. The van der Waals surface area contributed by atoms with Crippen LogP contribution in [0.15, 0.2) is 65.1 Å². The molecule has 396 valence electrons. The summed E-state index contributed by atoms with van der Waals surface area (Å²) in [5.74, 6) is -2.93. The molecule has 1 saturated heterocycles. The number of benzene rings is 1. The Kier molecular flexibility index (Phi) is 25.4. The number of alkyl carbamates (subject to hydrolysis) is 2. The summed E-state index contributed by atoms with van der Waals surface area (Å²) < 4.78 is 21.9. The molecule has 2 aliphatic rings. The van der Waals surface area contributed by atoms with E-state index in [1.807, 2.05) is 56.3 Å². The van der Waals surface area contributed by atoms with Crippen molar-refractivity contribution in [2.75, 3.05) is 27.3 Å². The van der Waals surface area contributed by atoms with Gasteiger partial charge in [-0.25, -0.2) is 9.59 Å². The molecular formula is C55H85N5O11. The van der Waals surface area contributed by atoms with Gasteiger partial charge in [0.25, 0.3) is 0 Å². The highest BCUT2D eigenvalue weighted by Gasteiger charge is 2.40. The zero-order chi connectivity index (χ0) is 52.7. The minimum atomic E-state index is -1.00. The summed E-state index contributed by atoms with van der Waals surface area (Å²) in [6, 6.07) is 7.31. The van der Waals surface area contributed by atoms with E-state index in [4.69, 9.17) is 18.9 Å². The highest BCUT2D eigenvalue weighted by Crippen LogP contribution is 2.31. The maximum atomic E-state index is 14.6. The van der Waals surface area contributed by atoms with Gasteiger partial charge in [0.15, 0.2) is 0 Å². The number of rotatable bonds is 29. The lowest BCUT2D eigenvalue weighted by Gasteiger charge is -2.29. The number of carbonyl (C=O) groups excluding carboxylic acids is 7. The Morgan fingerprint density at radius 2 is 1.42 bits per heavy atom. The molecule has 1 heterocycles. The SMILES string of the molecule is CCCCCCCCCC(OC(=O)NCCCC[C@H](NC(=O)[C@@H]1CCCN1C(=O)[C@H](/C=C/[C@H](CC(C)C)NC(=O)OC(C)(C)C)Cc1ccccc1)C(=O)NC(C)C)C1=C(C)C(=O)C(OC)=C(OC)C1=O. The molecule has 0 radical (unpaired) electrons. The fourth-order valence-corrected chi connectivity index (χ4v) is 8.90.